The molecule has 2 aliphatic heterocycles. The SMILES string of the molecule is CC(C)(C)OC(=O)N1CCC2(CC1)N=C(SCC(=O)Nc1cccc3ncccc13)C(c1ccc(Br)cc1)=N2. The minimum atomic E-state index is -0.652. The van der Waals surface area contributed by atoms with E-state index in [1.54, 1.807) is 11.1 Å². The molecule has 1 saturated heterocycles. The number of thioether (sulfide) groups is 1. The van der Waals surface area contributed by atoms with E-state index in [4.69, 9.17) is 14.7 Å². The molecule has 0 unspecified atom stereocenters. The van der Waals surface area contributed by atoms with Gasteiger partial charge in [0.1, 0.15) is 10.6 Å². The highest BCUT2D eigenvalue weighted by Gasteiger charge is 2.41. The zero-order chi connectivity index (χ0) is 27.6. The smallest absolute Gasteiger partial charge is 0.410 e. The van der Waals surface area contributed by atoms with Crippen LogP contribution in [-0.4, -0.2) is 62.7 Å². The molecule has 1 fully saturated rings. The maximum absolute atomic E-state index is 13.0. The number of aromatic nitrogens is 1. The lowest BCUT2D eigenvalue weighted by atomic mass is 9.99. The van der Waals surface area contributed by atoms with Crippen LogP contribution in [0.25, 0.3) is 10.9 Å². The van der Waals surface area contributed by atoms with Crippen LogP contribution in [0.1, 0.15) is 39.2 Å². The molecule has 2 amide bonds. The standard InChI is InChI=1S/C29H30BrN5O3S/c1-28(2,3)38-27(37)35-16-13-29(14-17-35)33-25(19-9-11-20(30)12-10-19)26(34-29)39-18-24(36)32-23-8-4-7-22-21(23)6-5-15-31-22/h4-12,15H,13-14,16-18H2,1-3H3,(H,32,36). The maximum Gasteiger partial charge on any atom is 0.410 e. The molecule has 0 saturated carbocycles. The lowest BCUT2D eigenvalue weighted by molar-refractivity contribution is -0.113. The molecule has 2 aromatic carbocycles. The Hall–Kier alpha value is -3.24. The van der Waals surface area contributed by atoms with Gasteiger partial charge in [-0.2, -0.15) is 0 Å². The average molecular weight is 609 g/mol. The molecule has 3 heterocycles. The molecule has 2 aliphatic rings. The van der Waals surface area contributed by atoms with Crippen LogP contribution in [0.15, 0.2) is 75.3 Å². The van der Waals surface area contributed by atoms with Gasteiger partial charge in [0.15, 0.2) is 5.66 Å². The Morgan fingerprint density at radius 2 is 1.79 bits per heavy atom. The Morgan fingerprint density at radius 3 is 2.51 bits per heavy atom. The number of anilines is 1. The van der Waals surface area contributed by atoms with Gasteiger partial charge in [0.05, 0.1) is 22.7 Å². The minimum Gasteiger partial charge on any atom is -0.444 e. The fraction of sp³-hybridized carbons (Fsp3) is 0.345. The summed E-state index contributed by atoms with van der Waals surface area (Å²) in [5.74, 6) is 0.0559. The van der Waals surface area contributed by atoms with Crippen LogP contribution < -0.4 is 5.32 Å². The Labute approximate surface area is 240 Å². The fourth-order valence-electron chi connectivity index (χ4n) is 4.55. The van der Waals surface area contributed by atoms with Crippen molar-refractivity contribution in [3.8, 4) is 0 Å². The molecule has 202 valence electrons. The van der Waals surface area contributed by atoms with Crippen LogP contribution >= 0.6 is 27.7 Å². The Balaban J connectivity index is 1.31. The van der Waals surface area contributed by atoms with Gasteiger partial charge < -0.3 is 15.0 Å². The summed E-state index contributed by atoms with van der Waals surface area (Å²) in [6, 6.07) is 17.4. The van der Waals surface area contributed by atoms with Gasteiger partial charge >= 0.3 is 6.09 Å². The molecule has 1 N–H and O–H groups in total. The second-order valence-corrected chi connectivity index (χ2v) is 12.4. The summed E-state index contributed by atoms with van der Waals surface area (Å²) in [6.07, 6.45) is 2.60. The van der Waals surface area contributed by atoms with Crippen LogP contribution in [0.3, 0.4) is 0 Å². The highest BCUT2D eigenvalue weighted by Crippen LogP contribution is 2.36. The molecule has 0 atom stereocenters. The number of rotatable bonds is 4. The van der Waals surface area contributed by atoms with Gasteiger partial charge in [-0.15, -0.1) is 0 Å². The number of carbonyl (C=O) groups excluding carboxylic acids is 2. The number of fused-ring (bicyclic) bond motifs is 1. The first-order chi connectivity index (χ1) is 18.6. The predicted octanol–water partition coefficient (Wildman–Crippen LogP) is 6.30. The van der Waals surface area contributed by atoms with Gasteiger partial charge in [-0.3, -0.25) is 14.8 Å². The molecule has 10 heteroatoms. The largest absolute Gasteiger partial charge is 0.444 e. The number of hydrogen-bond acceptors (Lipinski definition) is 7. The van der Waals surface area contributed by atoms with E-state index < -0.39 is 11.3 Å². The number of amides is 2. The maximum atomic E-state index is 13.0. The Kier molecular flexibility index (Phi) is 7.77. The summed E-state index contributed by atoms with van der Waals surface area (Å²) in [5, 5.41) is 4.65. The third-order valence-corrected chi connectivity index (χ3v) is 7.92. The van der Waals surface area contributed by atoms with Crippen molar-refractivity contribution in [1.29, 1.82) is 0 Å². The van der Waals surface area contributed by atoms with E-state index in [1.165, 1.54) is 11.8 Å². The van der Waals surface area contributed by atoms with E-state index in [1.807, 2.05) is 75.4 Å². The van der Waals surface area contributed by atoms with Crippen molar-refractivity contribution in [2.24, 2.45) is 9.98 Å². The quantitative estimate of drug-likeness (QED) is 0.375. The number of nitrogens with zero attached hydrogens (tertiary/aromatic N) is 4. The summed E-state index contributed by atoms with van der Waals surface area (Å²) >= 11 is 4.88. The first-order valence-corrected chi connectivity index (χ1v) is 14.6. The first kappa shape index (κ1) is 27.3. The van der Waals surface area contributed by atoms with Crippen LogP contribution in [0, 0.1) is 0 Å². The van der Waals surface area contributed by atoms with E-state index in [0.717, 1.165) is 37.4 Å². The molecular formula is C29H30BrN5O3S. The molecule has 8 nitrogen and oxygen atoms in total. The molecule has 5 rings (SSSR count). The van der Waals surface area contributed by atoms with E-state index in [9.17, 15) is 9.59 Å². The number of benzene rings is 2. The lowest BCUT2D eigenvalue weighted by Gasteiger charge is -2.36. The van der Waals surface area contributed by atoms with Crippen molar-refractivity contribution < 1.29 is 14.3 Å². The van der Waals surface area contributed by atoms with Crippen molar-refractivity contribution in [3.05, 3.63) is 70.8 Å². The van der Waals surface area contributed by atoms with Gasteiger partial charge in [0, 0.05) is 47.6 Å². The van der Waals surface area contributed by atoms with Crippen LogP contribution in [-0.2, 0) is 9.53 Å². The molecular weight excluding hydrogens is 578 g/mol. The number of aliphatic imine (C=N–C) groups is 2. The lowest BCUT2D eigenvalue weighted by Crippen LogP contribution is -2.46. The summed E-state index contributed by atoms with van der Waals surface area (Å²) < 4.78 is 6.52. The van der Waals surface area contributed by atoms with Crippen LogP contribution in [0.4, 0.5) is 10.5 Å². The predicted molar refractivity (Wildman–Crippen MR) is 161 cm³/mol. The van der Waals surface area contributed by atoms with Gasteiger partial charge in [-0.25, -0.2) is 9.79 Å². The number of ether oxygens (including phenoxy) is 1. The third-order valence-electron chi connectivity index (χ3n) is 6.43. The summed E-state index contributed by atoms with van der Waals surface area (Å²) in [6.45, 7) is 6.60. The number of halogens is 1. The van der Waals surface area contributed by atoms with Gasteiger partial charge in [0.2, 0.25) is 5.91 Å². The molecule has 1 aromatic heterocycles. The van der Waals surface area contributed by atoms with E-state index in [2.05, 4.69) is 26.2 Å². The van der Waals surface area contributed by atoms with Crippen LogP contribution in [0.2, 0.25) is 0 Å². The average Bonchev–Trinajstić information content (AvgIpc) is 3.25. The minimum absolute atomic E-state index is 0.130. The highest BCUT2D eigenvalue weighted by atomic mass is 79.9. The van der Waals surface area contributed by atoms with Gasteiger partial charge in [-0.1, -0.05) is 45.9 Å². The topological polar surface area (TPSA) is 96.2 Å². The monoisotopic (exact) mass is 607 g/mol. The molecule has 0 radical (unpaired) electrons. The molecule has 3 aromatic rings. The zero-order valence-electron chi connectivity index (χ0n) is 22.1. The fourth-order valence-corrected chi connectivity index (χ4v) is 5.69. The third kappa shape index (κ3) is 6.50. The van der Waals surface area contributed by atoms with Crippen molar-refractivity contribution in [2.45, 2.75) is 44.9 Å². The second-order valence-electron chi connectivity index (χ2n) is 10.5. The zero-order valence-corrected chi connectivity index (χ0v) is 24.5. The first-order valence-electron chi connectivity index (χ1n) is 12.8. The molecule has 1 spiro atoms. The number of carbonyl (C=O) groups is 2. The Morgan fingerprint density at radius 1 is 1.05 bits per heavy atom. The molecule has 0 bridgehead atoms. The normalized spacial score (nSPS) is 16.7. The summed E-state index contributed by atoms with van der Waals surface area (Å²) in [5.41, 5.74) is 2.08. The van der Waals surface area contributed by atoms with Crippen molar-refractivity contribution in [2.75, 3.05) is 24.2 Å². The number of likely N-dealkylation sites (tertiary alicyclic amines) is 1. The molecule has 0 aliphatic carbocycles. The van der Waals surface area contributed by atoms with Gasteiger partial charge in [-0.05, 0) is 57.2 Å². The number of pyridine rings is 1. The second kappa shape index (κ2) is 11.1. The number of nitrogens with one attached hydrogen (secondary N) is 1. The Bertz CT molecular complexity index is 1450. The van der Waals surface area contributed by atoms with E-state index in [0.29, 0.717) is 25.9 Å². The summed E-state index contributed by atoms with van der Waals surface area (Å²) in [7, 11) is 0. The van der Waals surface area contributed by atoms with E-state index >= 15 is 0 Å². The van der Waals surface area contributed by atoms with Crippen molar-refractivity contribution in [3.63, 3.8) is 0 Å². The van der Waals surface area contributed by atoms with Gasteiger partial charge in [0.25, 0.3) is 0 Å². The summed E-state index contributed by atoms with van der Waals surface area (Å²) in [4.78, 5) is 41.8. The van der Waals surface area contributed by atoms with Crippen LogP contribution in [0.5, 0.6) is 0 Å². The van der Waals surface area contributed by atoms with Crippen molar-refractivity contribution in [1.82, 2.24) is 9.88 Å². The molecule has 39 heavy (non-hydrogen) atoms. The number of hydrogen-bond donors (Lipinski definition) is 1. The number of piperidine rings is 1. The van der Waals surface area contributed by atoms with E-state index in [-0.39, 0.29) is 17.8 Å². The highest BCUT2D eigenvalue weighted by molar-refractivity contribution is 9.10. The van der Waals surface area contributed by atoms with Crippen molar-refractivity contribution >= 4 is 67.0 Å².